The second kappa shape index (κ2) is 6.07. The van der Waals surface area contributed by atoms with E-state index in [1.807, 2.05) is 0 Å². The smallest absolute Gasteiger partial charge is 0.306 e. The largest absolute Gasteiger partial charge is 0.481 e. The quantitative estimate of drug-likeness (QED) is 0.546. The Kier molecular flexibility index (Phi) is 4.21. The van der Waals surface area contributed by atoms with Crippen molar-refractivity contribution in [1.29, 1.82) is 0 Å². The third-order valence-electron chi connectivity index (χ3n) is 2.56. The van der Waals surface area contributed by atoms with Gasteiger partial charge >= 0.3 is 5.97 Å². The number of benzene rings is 1. The van der Waals surface area contributed by atoms with E-state index < -0.39 is 36.0 Å². The molecule has 1 aromatic carbocycles. The molecule has 1 heterocycles. The van der Waals surface area contributed by atoms with Gasteiger partial charge in [0.05, 0.1) is 18.2 Å². The number of hydrogen-bond acceptors (Lipinski definition) is 5. The van der Waals surface area contributed by atoms with Crippen molar-refractivity contribution < 1.29 is 23.5 Å². The minimum Gasteiger partial charge on any atom is -0.481 e. The molecular weight excluding hydrogens is 286 g/mol. The van der Waals surface area contributed by atoms with Gasteiger partial charge in [-0.05, 0) is 12.1 Å². The van der Waals surface area contributed by atoms with Gasteiger partial charge in [-0.2, -0.15) is 5.10 Å². The maximum Gasteiger partial charge on any atom is 0.306 e. The fourth-order valence-corrected chi connectivity index (χ4v) is 1.60. The molecule has 9 heteroatoms. The van der Waals surface area contributed by atoms with Crippen molar-refractivity contribution in [3.05, 3.63) is 35.4 Å². The summed E-state index contributed by atoms with van der Waals surface area (Å²) in [6.07, 6.45) is 0.437. The Morgan fingerprint density at radius 3 is 2.76 bits per heavy atom. The molecule has 1 aromatic rings. The molecule has 0 spiro atoms. The van der Waals surface area contributed by atoms with E-state index in [9.17, 15) is 18.4 Å². The Morgan fingerprint density at radius 1 is 1.48 bits per heavy atom. The van der Waals surface area contributed by atoms with Gasteiger partial charge in [-0.3, -0.25) is 14.9 Å². The summed E-state index contributed by atoms with van der Waals surface area (Å²) < 4.78 is 26.6. The van der Waals surface area contributed by atoms with Crippen molar-refractivity contribution >= 4 is 24.1 Å². The van der Waals surface area contributed by atoms with E-state index in [0.29, 0.717) is 0 Å². The minimum absolute atomic E-state index is 0.0840. The first-order chi connectivity index (χ1) is 9.97. The number of carbonyl (C=O) groups excluding carboxylic acids is 1. The van der Waals surface area contributed by atoms with Gasteiger partial charge in [0.15, 0.2) is 0 Å². The molecule has 0 saturated carbocycles. The van der Waals surface area contributed by atoms with E-state index in [1.54, 1.807) is 0 Å². The molecule has 0 bridgehead atoms. The molecule has 21 heavy (non-hydrogen) atoms. The molecule has 3 N–H and O–H groups in total. The molecule has 1 unspecified atom stereocenters. The molecule has 2 rings (SSSR count). The van der Waals surface area contributed by atoms with Crippen LogP contribution in [0.1, 0.15) is 12.0 Å². The van der Waals surface area contributed by atoms with Gasteiger partial charge in [0, 0.05) is 0 Å². The zero-order chi connectivity index (χ0) is 15.4. The van der Waals surface area contributed by atoms with Crippen molar-refractivity contribution in [2.75, 3.05) is 0 Å². The number of rotatable bonds is 4. The molecule has 1 amide bonds. The highest BCUT2D eigenvalue weighted by molar-refractivity contribution is 6.06. The van der Waals surface area contributed by atoms with Gasteiger partial charge in [-0.15, -0.1) is 0 Å². The topological polar surface area (TPSA) is 103 Å². The van der Waals surface area contributed by atoms with E-state index >= 15 is 0 Å². The molecule has 0 aromatic heterocycles. The van der Waals surface area contributed by atoms with Crippen LogP contribution >= 0.6 is 0 Å². The normalized spacial score (nSPS) is 17.7. The van der Waals surface area contributed by atoms with Crippen LogP contribution in [0.3, 0.4) is 0 Å². The summed E-state index contributed by atoms with van der Waals surface area (Å²) in [6.45, 7) is 0. The number of carbonyl (C=O) groups is 2. The van der Waals surface area contributed by atoms with Crippen molar-refractivity contribution in [2.24, 2.45) is 10.1 Å². The number of halogens is 2. The average Bonchev–Trinajstić information content (AvgIpc) is 2.73. The lowest BCUT2D eigenvalue weighted by Gasteiger charge is -2.00. The van der Waals surface area contributed by atoms with E-state index in [0.717, 1.165) is 18.3 Å². The fourth-order valence-electron chi connectivity index (χ4n) is 1.60. The minimum atomic E-state index is -1.17. The highest BCUT2D eigenvalue weighted by Gasteiger charge is 2.28. The molecule has 1 aliphatic rings. The van der Waals surface area contributed by atoms with Gasteiger partial charge in [-0.1, -0.05) is 6.07 Å². The summed E-state index contributed by atoms with van der Waals surface area (Å²) in [5, 5.41) is 14.4. The van der Waals surface area contributed by atoms with E-state index in [1.165, 1.54) is 6.07 Å². The first-order valence-corrected chi connectivity index (χ1v) is 5.81. The summed E-state index contributed by atoms with van der Waals surface area (Å²) in [5.41, 5.74) is 1.93. The first-order valence-electron chi connectivity index (χ1n) is 5.81. The molecule has 0 radical (unpaired) electrons. The summed E-state index contributed by atoms with van der Waals surface area (Å²) in [7, 11) is 0. The van der Waals surface area contributed by atoms with Crippen LogP contribution in [0.2, 0.25) is 0 Å². The summed E-state index contributed by atoms with van der Waals surface area (Å²) in [4.78, 5) is 25.6. The van der Waals surface area contributed by atoms with Crippen molar-refractivity contribution in [2.45, 2.75) is 12.5 Å². The lowest BCUT2D eigenvalue weighted by molar-refractivity contribution is -0.139. The molecular formula is C12H10F2N4O3. The van der Waals surface area contributed by atoms with Crippen molar-refractivity contribution in [3.63, 3.8) is 0 Å². The van der Waals surface area contributed by atoms with Crippen LogP contribution in [0.4, 0.5) is 8.78 Å². The van der Waals surface area contributed by atoms with Crippen LogP contribution in [-0.2, 0) is 9.59 Å². The molecule has 110 valence electrons. The Labute approximate surface area is 117 Å². The van der Waals surface area contributed by atoms with Crippen LogP contribution < -0.4 is 10.7 Å². The molecule has 7 nitrogen and oxygen atoms in total. The van der Waals surface area contributed by atoms with Gasteiger partial charge in [0.25, 0.3) is 5.91 Å². The Balaban J connectivity index is 2.02. The molecule has 0 fully saturated rings. The maximum atomic E-state index is 13.3. The second-order valence-electron chi connectivity index (χ2n) is 4.09. The molecule has 1 aliphatic heterocycles. The Hall–Kier alpha value is -2.84. The van der Waals surface area contributed by atoms with Gasteiger partial charge in [-0.25, -0.2) is 19.2 Å². The third kappa shape index (κ3) is 3.59. The zero-order valence-electron chi connectivity index (χ0n) is 10.5. The number of aliphatic imine (C=N–C) groups is 1. The summed E-state index contributed by atoms with van der Waals surface area (Å²) in [5.74, 6) is -3.42. The first kappa shape index (κ1) is 14.6. The standard InChI is InChI=1S/C12H10F2N4O3/c13-7-2-1-3-8(14)6(7)5-15-18-12-16-9(4-10(19)20)11(21)17-12/h1-3,5,9H,4H2,(H,19,20)(H2,16,17,18,21)/b15-5+. The summed E-state index contributed by atoms with van der Waals surface area (Å²) >= 11 is 0. The third-order valence-corrected chi connectivity index (χ3v) is 2.56. The predicted molar refractivity (Wildman–Crippen MR) is 68.7 cm³/mol. The Morgan fingerprint density at radius 2 is 2.14 bits per heavy atom. The summed E-state index contributed by atoms with van der Waals surface area (Å²) in [6, 6.07) is 2.31. The van der Waals surface area contributed by atoms with Gasteiger partial charge in [0.1, 0.15) is 17.7 Å². The lowest BCUT2D eigenvalue weighted by atomic mass is 10.2. The van der Waals surface area contributed by atoms with Gasteiger partial charge in [0.2, 0.25) is 5.96 Å². The zero-order valence-corrected chi connectivity index (χ0v) is 10.5. The number of nitrogens with zero attached hydrogens (tertiary/aromatic N) is 2. The Bertz CT molecular complexity index is 625. The molecule has 0 aliphatic carbocycles. The predicted octanol–water partition coefficient (Wildman–Crippen LogP) is 0.217. The van der Waals surface area contributed by atoms with E-state index in [-0.39, 0.29) is 11.5 Å². The SMILES string of the molecule is O=C(O)CC1N=C(N/N=C/c2c(F)cccc2F)NC1=O. The van der Waals surface area contributed by atoms with Crippen LogP contribution in [0.5, 0.6) is 0 Å². The van der Waals surface area contributed by atoms with Gasteiger partial charge < -0.3 is 5.11 Å². The second-order valence-corrected chi connectivity index (χ2v) is 4.09. The number of guanidine groups is 1. The number of hydrogen-bond donors (Lipinski definition) is 3. The van der Waals surface area contributed by atoms with Crippen LogP contribution in [-0.4, -0.2) is 35.2 Å². The highest BCUT2D eigenvalue weighted by Crippen LogP contribution is 2.09. The van der Waals surface area contributed by atoms with E-state index in [4.69, 9.17) is 5.11 Å². The van der Waals surface area contributed by atoms with Crippen LogP contribution in [0, 0.1) is 11.6 Å². The van der Waals surface area contributed by atoms with E-state index in [2.05, 4.69) is 20.8 Å². The number of hydrazone groups is 1. The maximum absolute atomic E-state index is 13.3. The number of carboxylic acids is 1. The monoisotopic (exact) mass is 296 g/mol. The lowest BCUT2D eigenvalue weighted by Crippen LogP contribution is -2.35. The average molecular weight is 296 g/mol. The number of carboxylic acid groups (broad SMARTS) is 1. The molecule has 0 saturated heterocycles. The molecule has 1 atom stereocenters. The van der Waals surface area contributed by atoms with Crippen molar-refractivity contribution in [3.8, 4) is 0 Å². The number of aliphatic carboxylic acids is 1. The number of nitrogens with one attached hydrogen (secondary N) is 2. The fraction of sp³-hybridized carbons (Fsp3) is 0.167. The van der Waals surface area contributed by atoms with Crippen LogP contribution in [0.15, 0.2) is 28.3 Å². The van der Waals surface area contributed by atoms with Crippen LogP contribution in [0.25, 0.3) is 0 Å². The van der Waals surface area contributed by atoms with Crippen molar-refractivity contribution in [1.82, 2.24) is 10.7 Å². The highest BCUT2D eigenvalue weighted by atomic mass is 19.1. The number of amides is 1.